The third kappa shape index (κ3) is 3.83. The Hall–Kier alpha value is -2.05. The first-order valence-corrected chi connectivity index (χ1v) is 8.44. The Morgan fingerprint density at radius 3 is 2.65 bits per heavy atom. The molecule has 1 aromatic carbocycles. The van der Waals surface area contributed by atoms with Gasteiger partial charge in [-0.05, 0) is 53.7 Å². The standard InChI is InChI=1S/C17H12BrNO3S/c18-13-8-6-12(7-9-13)11-19-16(20)15(23-17(19)21)5-1-3-14-4-2-10-22-14/h1-10H,11H2/b3-1+,15-5-. The summed E-state index contributed by atoms with van der Waals surface area (Å²) in [4.78, 5) is 26.0. The van der Waals surface area contributed by atoms with Crippen LogP contribution in [0.2, 0.25) is 0 Å². The number of carbonyl (C=O) groups excluding carboxylic acids is 2. The van der Waals surface area contributed by atoms with Crippen LogP contribution in [0.5, 0.6) is 0 Å². The lowest BCUT2D eigenvalue weighted by Gasteiger charge is -2.12. The number of carbonyl (C=O) groups is 2. The Morgan fingerprint density at radius 1 is 1.17 bits per heavy atom. The van der Waals surface area contributed by atoms with Crippen molar-refractivity contribution in [3.8, 4) is 0 Å². The van der Waals surface area contributed by atoms with Crippen LogP contribution in [0.3, 0.4) is 0 Å². The number of imide groups is 1. The van der Waals surface area contributed by atoms with E-state index in [1.807, 2.05) is 30.3 Å². The number of hydrogen-bond acceptors (Lipinski definition) is 4. The van der Waals surface area contributed by atoms with Crippen LogP contribution >= 0.6 is 27.7 Å². The minimum atomic E-state index is -0.271. The Bertz CT molecular complexity index is 779. The molecule has 1 aliphatic heterocycles. The van der Waals surface area contributed by atoms with Gasteiger partial charge >= 0.3 is 0 Å². The summed E-state index contributed by atoms with van der Waals surface area (Å²) in [6.07, 6.45) is 6.65. The largest absolute Gasteiger partial charge is 0.465 e. The number of hydrogen-bond donors (Lipinski definition) is 0. The van der Waals surface area contributed by atoms with Crippen molar-refractivity contribution in [3.63, 3.8) is 0 Å². The maximum atomic E-state index is 12.3. The number of thioether (sulfide) groups is 1. The Kier molecular flexibility index (Phi) is 4.83. The van der Waals surface area contributed by atoms with Gasteiger partial charge in [0.05, 0.1) is 17.7 Å². The molecule has 2 amide bonds. The molecule has 0 radical (unpaired) electrons. The van der Waals surface area contributed by atoms with Gasteiger partial charge in [0.1, 0.15) is 5.76 Å². The normalized spacial score (nSPS) is 16.9. The number of allylic oxidation sites excluding steroid dienone is 2. The molecule has 0 saturated carbocycles. The zero-order chi connectivity index (χ0) is 16.2. The van der Waals surface area contributed by atoms with Crippen LogP contribution in [0.15, 0.2) is 68.6 Å². The summed E-state index contributed by atoms with van der Waals surface area (Å²) >= 11 is 4.31. The molecule has 3 rings (SSSR count). The Balaban J connectivity index is 1.70. The summed E-state index contributed by atoms with van der Waals surface area (Å²) in [6, 6.07) is 11.1. The van der Waals surface area contributed by atoms with E-state index >= 15 is 0 Å². The maximum absolute atomic E-state index is 12.3. The van der Waals surface area contributed by atoms with Crippen molar-refractivity contribution in [1.29, 1.82) is 0 Å². The van der Waals surface area contributed by atoms with Crippen LogP contribution in [0, 0.1) is 0 Å². The molecule has 0 atom stereocenters. The average Bonchev–Trinajstić information content (AvgIpc) is 3.14. The van der Waals surface area contributed by atoms with Crippen molar-refractivity contribution >= 4 is 44.9 Å². The first-order chi connectivity index (χ1) is 11.1. The van der Waals surface area contributed by atoms with Gasteiger partial charge in [-0.2, -0.15) is 0 Å². The predicted molar refractivity (Wildman–Crippen MR) is 93.5 cm³/mol. The van der Waals surface area contributed by atoms with Crippen LogP contribution in [0.1, 0.15) is 11.3 Å². The maximum Gasteiger partial charge on any atom is 0.293 e. The molecule has 0 N–H and O–H groups in total. The van der Waals surface area contributed by atoms with Gasteiger partial charge in [-0.25, -0.2) is 0 Å². The van der Waals surface area contributed by atoms with Crippen LogP contribution in [0.25, 0.3) is 6.08 Å². The van der Waals surface area contributed by atoms with Crippen molar-refractivity contribution in [3.05, 3.63) is 75.5 Å². The van der Waals surface area contributed by atoms with Crippen molar-refractivity contribution in [2.75, 3.05) is 0 Å². The lowest BCUT2D eigenvalue weighted by atomic mass is 10.2. The van der Waals surface area contributed by atoms with Crippen molar-refractivity contribution in [1.82, 2.24) is 4.90 Å². The van der Waals surface area contributed by atoms with Crippen LogP contribution in [-0.4, -0.2) is 16.0 Å². The van der Waals surface area contributed by atoms with Crippen LogP contribution < -0.4 is 0 Å². The fourth-order valence-corrected chi connectivity index (χ4v) is 3.09. The molecule has 0 bridgehead atoms. The average molecular weight is 390 g/mol. The minimum Gasteiger partial charge on any atom is -0.465 e. The monoisotopic (exact) mass is 389 g/mol. The summed E-state index contributed by atoms with van der Waals surface area (Å²) in [5.41, 5.74) is 0.905. The highest BCUT2D eigenvalue weighted by atomic mass is 79.9. The SMILES string of the molecule is O=C1S/C(=C\C=C\c2ccco2)C(=O)N1Cc1ccc(Br)cc1. The van der Waals surface area contributed by atoms with Crippen molar-refractivity contribution in [2.24, 2.45) is 0 Å². The minimum absolute atomic E-state index is 0.254. The second-order valence-corrected chi connectivity index (χ2v) is 6.70. The predicted octanol–water partition coefficient (Wildman–Crippen LogP) is 4.83. The van der Waals surface area contributed by atoms with E-state index in [1.54, 1.807) is 30.6 Å². The first-order valence-electron chi connectivity index (χ1n) is 6.83. The molecule has 0 aliphatic carbocycles. The number of amides is 2. The zero-order valence-electron chi connectivity index (χ0n) is 11.9. The van der Waals surface area contributed by atoms with Crippen molar-refractivity contribution in [2.45, 2.75) is 6.54 Å². The molecular weight excluding hydrogens is 378 g/mol. The van der Waals surface area contributed by atoms with Gasteiger partial charge in [-0.1, -0.05) is 34.1 Å². The molecule has 1 saturated heterocycles. The van der Waals surface area contributed by atoms with Gasteiger partial charge in [-0.3, -0.25) is 14.5 Å². The smallest absolute Gasteiger partial charge is 0.293 e. The number of halogens is 1. The van der Waals surface area contributed by atoms with Gasteiger partial charge < -0.3 is 4.42 Å². The van der Waals surface area contributed by atoms with E-state index in [0.29, 0.717) is 10.7 Å². The molecule has 1 fully saturated rings. The van der Waals surface area contributed by atoms with E-state index < -0.39 is 0 Å². The molecule has 1 aromatic heterocycles. The molecule has 23 heavy (non-hydrogen) atoms. The molecule has 4 nitrogen and oxygen atoms in total. The molecule has 2 heterocycles. The molecule has 2 aromatic rings. The number of benzene rings is 1. The van der Waals surface area contributed by atoms with Crippen LogP contribution in [0.4, 0.5) is 4.79 Å². The highest BCUT2D eigenvalue weighted by molar-refractivity contribution is 9.10. The lowest BCUT2D eigenvalue weighted by Crippen LogP contribution is -2.27. The molecule has 0 unspecified atom stereocenters. The topological polar surface area (TPSA) is 50.5 Å². The van der Waals surface area contributed by atoms with E-state index in [4.69, 9.17) is 4.42 Å². The Labute approximate surface area is 146 Å². The van der Waals surface area contributed by atoms with Gasteiger partial charge in [0.2, 0.25) is 0 Å². The molecule has 116 valence electrons. The molecule has 1 aliphatic rings. The second kappa shape index (κ2) is 7.02. The lowest BCUT2D eigenvalue weighted by molar-refractivity contribution is -0.123. The summed E-state index contributed by atoms with van der Waals surface area (Å²) in [6.45, 7) is 0.275. The van der Waals surface area contributed by atoms with E-state index in [0.717, 1.165) is 21.8 Å². The van der Waals surface area contributed by atoms with Crippen LogP contribution in [-0.2, 0) is 11.3 Å². The quantitative estimate of drug-likeness (QED) is 0.702. The molecule has 6 heteroatoms. The summed E-state index contributed by atoms with van der Waals surface area (Å²) in [5, 5.41) is -0.254. The number of rotatable bonds is 4. The first kappa shape index (κ1) is 15.8. The van der Waals surface area contributed by atoms with E-state index in [9.17, 15) is 9.59 Å². The van der Waals surface area contributed by atoms with Gasteiger partial charge in [0, 0.05) is 4.47 Å². The zero-order valence-corrected chi connectivity index (χ0v) is 14.3. The highest BCUT2D eigenvalue weighted by Gasteiger charge is 2.34. The summed E-state index contributed by atoms with van der Waals surface area (Å²) in [7, 11) is 0. The molecule has 0 spiro atoms. The molecular formula is C17H12BrNO3S. The fourth-order valence-electron chi connectivity index (χ4n) is 2.04. The second-order valence-electron chi connectivity index (χ2n) is 4.79. The fraction of sp³-hybridized carbons (Fsp3) is 0.0588. The number of furan rings is 1. The highest BCUT2D eigenvalue weighted by Crippen LogP contribution is 2.32. The van der Waals surface area contributed by atoms with E-state index in [1.165, 1.54) is 4.90 Å². The summed E-state index contributed by atoms with van der Waals surface area (Å²) < 4.78 is 6.12. The Morgan fingerprint density at radius 2 is 1.96 bits per heavy atom. The number of nitrogens with zero attached hydrogens (tertiary/aromatic N) is 1. The third-order valence-corrected chi connectivity index (χ3v) is 4.63. The van der Waals surface area contributed by atoms with Crippen molar-refractivity contribution < 1.29 is 14.0 Å². The van der Waals surface area contributed by atoms with Gasteiger partial charge in [-0.15, -0.1) is 0 Å². The third-order valence-electron chi connectivity index (χ3n) is 3.18. The van der Waals surface area contributed by atoms with E-state index in [-0.39, 0.29) is 17.7 Å². The summed E-state index contributed by atoms with van der Waals surface area (Å²) in [5.74, 6) is 0.419. The van der Waals surface area contributed by atoms with Gasteiger partial charge in [0.25, 0.3) is 11.1 Å². The van der Waals surface area contributed by atoms with Gasteiger partial charge in [0.15, 0.2) is 0 Å². The van der Waals surface area contributed by atoms with E-state index in [2.05, 4.69) is 15.9 Å².